The Balaban J connectivity index is 1.51. The molecule has 198 valence electrons. The van der Waals surface area contributed by atoms with Crippen LogP contribution in [0.15, 0.2) is 102 Å². The number of benzene rings is 3. The van der Waals surface area contributed by atoms with E-state index in [1.54, 1.807) is 5.38 Å². The summed E-state index contributed by atoms with van der Waals surface area (Å²) in [5.41, 5.74) is 1.23. The van der Waals surface area contributed by atoms with Crippen LogP contribution in [0.25, 0.3) is 0 Å². The molecule has 0 aliphatic heterocycles. The lowest BCUT2D eigenvalue weighted by Crippen LogP contribution is -2.38. The fraction of sp³-hybridized carbons (Fsp3) is 0.200. The molecule has 2 N–H and O–H groups in total. The topological polar surface area (TPSA) is 110 Å². The van der Waals surface area contributed by atoms with Gasteiger partial charge in [0.15, 0.2) is 5.13 Å². The maximum absolute atomic E-state index is 12.1. The first-order valence-corrected chi connectivity index (χ1v) is 13.3. The Bertz CT molecular complexity index is 1370. The molecule has 0 radical (unpaired) electrons. The fourth-order valence-electron chi connectivity index (χ4n) is 4.57. The summed E-state index contributed by atoms with van der Waals surface area (Å²) in [7, 11) is 1.32. The lowest BCUT2D eigenvalue weighted by Gasteiger charge is -2.36. The first kappa shape index (κ1) is 26.1. The van der Waals surface area contributed by atoms with Gasteiger partial charge in [-0.1, -0.05) is 96.2 Å². The Kier molecular flexibility index (Phi) is 7.42. The minimum absolute atomic E-state index is 0.0508. The molecule has 1 aromatic heterocycles. The molecule has 1 heterocycles. The summed E-state index contributed by atoms with van der Waals surface area (Å²) in [6, 6.07) is 30.1. The van der Waals surface area contributed by atoms with E-state index in [4.69, 9.17) is 9.57 Å². The molecule has 4 aromatic rings. The predicted molar refractivity (Wildman–Crippen MR) is 149 cm³/mol. The van der Waals surface area contributed by atoms with E-state index in [2.05, 4.69) is 51.9 Å². The van der Waals surface area contributed by atoms with Crippen molar-refractivity contribution in [2.75, 3.05) is 19.0 Å². The van der Waals surface area contributed by atoms with Gasteiger partial charge in [-0.05, 0) is 29.5 Å². The molecule has 0 bridgehead atoms. The van der Waals surface area contributed by atoms with E-state index >= 15 is 0 Å². The zero-order valence-corrected chi connectivity index (χ0v) is 22.1. The number of rotatable bonds is 11. The van der Waals surface area contributed by atoms with Gasteiger partial charge in [-0.25, -0.2) is 9.78 Å². The molecule has 1 fully saturated rings. The van der Waals surface area contributed by atoms with Gasteiger partial charge in [0, 0.05) is 5.38 Å². The van der Waals surface area contributed by atoms with Crippen LogP contribution in [0, 0.1) is 5.41 Å². The molecule has 0 amide bonds. The highest BCUT2D eigenvalue weighted by Crippen LogP contribution is 2.47. The van der Waals surface area contributed by atoms with Gasteiger partial charge in [0.05, 0.1) is 7.11 Å². The molecule has 39 heavy (non-hydrogen) atoms. The number of hydrogen-bond donors (Lipinski definition) is 2. The van der Waals surface area contributed by atoms with Gasteiger partial charge in [0.1, 0.15) is 23.3 Å². The van der Waals surface area contributed by atoms with Crippen molar-refractivity contribution in [1.82, 2.24) is 4.98 Å². The Hall–Kier alpha value is -4.50. The number of carboxylic acids is 1. The number of carbonyl (C=O) groups is 2. The monoisotopic (exact) mass is 541 g/mol. The maximum atomic E-state index is 12.1. The highest BCUT2D eigenvalue weighted by atomic mass is 32.1. The number of ether oxygens (including phenoxy) is 1. The SMILES string of the molecule is COC(=O)C1(CO/N=C(\C(=O)O)c2csc(NC(c3ccccc3)(c3ccccc3)c3ccccc3)n2)CC1. The van der Waals surface area contributed by atoms with Crippen LogP contribution in [0.1, 0.15) is 35.2 Å². The number of methoxy groups -OCH3 is 1. The lowest BCUT2D eigenvalue weighted by molar-refractivity contribution is -0.149. The molecule has 0 spiro atoms. The summed E-state index contributed by atoms with van der Waals surface area (Å²) < 4.78 is 4.82. The van der Waals surface area contributed by atoms with E-state index in [1.165, 1.54) is 18.4 Å². The van der Waals surface area contributed by atoms with E-state index in [-0.39, 0.29) is 24.0 Å². The molecular formula is C30H27N3O5S. The van der Waals surface area contributed by atoms with Crippen LogP contribution in [-0.4, -0.2) is 41.5 Å². The van der Waals surface area contributed by atoms with Crippen molar-refractivity contribution in [2.45, 2.75) is 18.4 Å². The largest absolute Gasteiger partial charge is 0.476 e. The number of nitrogens with one attached hydrogen (secondary N) is 1. The van der Waals surface area contributed by atoms with Gasteiger partial charge in [0.2, 0.25) is 5.71 Å². The van der Waals surface area contributed by atoms with E-state index in [9.17, 15) is 14.7 Å². The number of thiazole rings is 1. The van der Waals surface area contributed by atoms with Gasteiger partial charge in [-0.2, -0.15) is 0 Å². The van der Waals surface area contributed by atoms with Crippen molar-refractivity contribution < 1.29 is 24.3 Å². The summed E-state index contributed by atoms with van der Waals surface area (Å²) in [6.45, 7) is -0.0508. The van der Waals surface area contributed by atoms with E-state index in [0.717, 1.165) is 16.7 Å². The number of nitrogens with zero attached hydrogens (tertiary/aromatic N) is 2. The van der Waals surface area contributed by atoms with E-state index in [0.29, 0.717) is 18.0 Å². The highest BCUT2D eigenvalue weighted by Gasteiger charge is 2.52. The molecule has 3 aromatic carbocycles. The standard InChI is InChI=1S/C30H27N3O5S/c1-37-27(36)29(17-18-29)20-38-33-25(26(34)35)24-19-39-28(31-24)32-30(21-11-5-2-6-12-21,22-13-7-3-8-14-22)23-15-9-4-10-16-23/h2-16,19H,17-18,20H2,1H3,(H,31,32)(H,34,35)/b33-25-. The van der Waals surface area contributed by atoms with Crippen LogP contribution in [-0.2, 0) is 24.7 Å². The summed E-state index contributed by atoms with van der Waals surface area (Å²) in [5, 5.41) is 19.4. The first-order chi connectivity index (χ1) is 19.0. The Morgan fingerprint density at radius 3 is 1.90 bits per heavy atom. The molecule has 0 unspecified atom stereocenters. The second kappa shape index (κ2) is 11.1. The highest BCUT2D eigenvalue weighted by molar-refractivity contribution is 7.14. The molecule has 1 saturated carbocycles. The number of oxime groups is 1. The molecule has 1 aliphatic carbocycles. The van der Waals surface area contributed by atoms with Crippen LogP contribution < -0.4 is 5.32 Å². The van der Waals surface area contributed by atoms with Gasteiger partial charge < -0.3 is 20.0 Å². The fourth-order valence-corrected chi connectivity index (χ4v) is 5.32. The van der Waals surface area contributed by atoms with E-state index in [1.807, 2.05) is 54.6 Å². The number of aliphatic carboxylic acids is 1. The normalized spacial score (nSPS) is 14.3. The van der Waals surface area contributed by atoms with Crippen molar-refractivity contribution >= 4 is 34.1 Å². The van der Waals surface area contributed by atoms with Gasteiger partial charge >= 0.3 is 11.9 Å². The summed E-state index contributed by atoms with van der Waals surface area (Å²) >= 11 is 1.27. The third kappa shape index (κ3) is 5.26. The number of hydrogen-bond acceptors (Lipinski definition) is 8. The number of aromatic nitrogens is 1. The minimum atomic E-state index is -1.28. The van der Waals surface area contributed by atoms with Crippen molar-refractivity contribution in [3.05, 3.63) is 119 Å². The Morgan fingerprint density at radius 1 is 0.949 bits per heavy atom. The molecule has 1 aliphatic rings. The molecule has 8 nitrogen and oxygen atoms in total. The van der Waals surface area contributed by atoms with Crippen LogP contribution in [0.5, 0.6) is 0 Å². The Labute approximate surface area is 229 Å². The Morgan fingerprint density at radius 2 is 1.46 bits per heavy atom. The van der Waals surface area contributed by atoms with Gasteiger partial charge in [0.25, 0.3) is 0 Å². The summed E-state index contributed by atoms with van der Waals surface area (Å²) in [4.78, 5) is 34.0. The zero-order valence-electron chi connectivity index (χ0n) is 21.2. The average Bonchev–Trinajstić information content (AvgIpc) is 3.64. The molecule has 5 rings (SSSR count). The lowest BCUT2D eigenvalue weighted by atomic mass is 9.77. The number of carboxylic acid groups (broad SMARTS) is 1. The molecule has 0 atom stereocenters. The third-order valence-electron chi connectivity index (χ3n) is 6.83. The second-order valence-electron chi connectivity index (χ2n) is 9.30. The molecule has 9 heteroatoms. The average molecular weight is 542 g/mol. The van der Waals surface area contributed by atoms with E-state index < -0.39 is 16.9 Å². The van der Waals surface area contributed by atoms with Gasteiger partial charge in [-0.15, -0.1) is 11.3 Å². The van der Waals surface area contributed by atoms with Crippen molar-refractivity contribution in [2.24, 2.45) is 10.6 Å². The first-order valence-electron chi connectivity index (χ1n) is 12.4. The molecule has 0 saturated heterocycles. The second-order valence-corrected chi connectivity index (χ2v) is 10.2. The van der Waals surface area contributed by atoms with Gasteiger partial charge in [-0.3, -0.25) is 4.79 Å². The minimum Gasteiger partial charge on any atom is -0.476 e. The number of anilines is 1. The number of esters is 1. The summed E-state index contributed by atoms with van der Waals surface area (Å²) in [5.74, 6) is -1.66. The van der Waals surface area contributed by atoms with Crippen molar-refractivity contribution in [3.63, 3.8) is 0 Å². The number of carbonyl (C=O) groups excluding carboxylic acids is 1. The quantitative estimate of drug-likeness (QED) is 0.115. The summed E-state index contributed by atoms with van der Waals surface area (Å²) in [6.07, 6.45) is 1.23. The smallest absolute Gasteiger partial charge is 0.360 e. The van der Waals surface area contributed by atoms with Crippen LogP contribution in [0.2, 0.25) is 0 Å². The van der Waals surface area contributed by atoms with Crippen LogP contribution >= 0.6 is 11.3 Å². The van der Waals surface area contributed by atoms with Crippen molar-refractivity contribution in [3.8, 4) is 0 Å². The molecular weight excluding hydrogens is 514 g/mol. The van der Waals surface area contributed by atoms with Crippen LogP contribution in [0.4, 0.5) is 5.13 Å². The maximum Gasteiger partial charge on any atom is 0.360 e. The predicted octanol–water partition coefficient (Wildman–Crippen LogP) is 5.31. The zero-order chi connectivity index (χ0) is 27.3. The third-order valence-corrected chi connectivity index (χ3v) is 7.59. The van der Waals surface area contributed by atoms with Crippen molar-refractivity contribution in [1.29, 1.82) is 0 Å². The van der Waals surface area contributed by atoms with Crippen LogP contribution in [0.3, 0.4) is 0 Å².